The second-order valence-corrected chi connectivity index (χ2v) is 7.16. The molecule has 0 heterocycles. The van der Waals surface area contributed by atoms with Crippen molar-refractivity contribution in [2.75, 3.05) is 0 Å². The SMILES string of the molecule is N#CC1(C#N)C2C=CC(C3C4=C(CCCCC4)C32)C1(C#N)C#N. The minimum absolute atomic E-state index is 0.187. The summed E-state index contributed by atoms with van der Waals surface area (Å²) in [5.74, 6) is -0.285. The summed E-state index contributed by atoms with van der Waals surface area (Å²) in [5.41, 5.74) is -0.262. The van der Waals surface area contributed by atoms with Crippen molar-refractivity contribution in [3.05, 3.63) is 23.3 Å². The van der Waals surface area contributed by atoms with E-state index in [-0.39, 0.29) is 23.7 Å². The fraction of sp³-hybridized carbons (Fsp3) is 0.579. The van der Waals surface area contributed by atoms with Crippen molar-refractivity contribution in [1.82, 2.24) is 0 Å². The van der Waals surface area contributed by atoms with Crippen molar-refractivity contribution >= 4 is 0 Å². The third-order valence-electron chi connectivity index (χ3n) is 6.62. The van der Waals surface area contributed by atoms with Crippen LogP contribution >= 0.6 is 0 Å². The van der Waals surface area contributed by atoms with Crippen molar-refractivity contribution < 1.29 is 0 Å². The summed E-state index contributed by atoms with van der Waals surface area (Å²) in [5, 5.41) is 39.3. The van der Waals surface area contributed by atoms with E-state index in [1.807, 2.05) is 12.2 Å². The van der Waals surface area contributed by atoms with Crippen molar-refractivity contribution in [1.29, 1.82) is 21.0 Å². The molecule has 0 radical (unpaired) electrons. The first-order chi connectivity index (χ1) is 11.2. The molecule has 23 heavy (non-hydrogen) atoms. The zero-order chi connectivity index (χ0) is 16.2. The quantitative estimate of drug-likeness (QED) is 0.641. The Bertz CT molecular complexity index is 710. The first-order valence-electron chi connectivity index (χ1n) is 8.26. The van der Waals surface area contributed by atoms with E-state index in [1.54, 1.807) is 0 Å². The average molecular weight is 300 g/mol. The molecule has 112 valence electrons. The van der Waals surface area contributed by atoms with E-state index >= 15 is 0 Å². The molecule has 0 spiro atoms. The largest absolute Gasteiger partial charge is 0.196 e. The molecule has 4 nitrogen and oxygen atoms in total. The lowest BCUT2D eigenvalue weighted by atomic mass is 9.36. The highest BCUT2D eigenvalue weighted by Crippen LogP contribution is 2.71. The fourth-order valence-corrected chi connectivity index (χ4v) is 5.64. The van der Waals surface area contributed by atoms with E-state index in [1.165, 1.54) is 17.6 Å². The molecule has 1 fully saturated rings. The van der Waals surface area contributed by atoms with Crippen LogP contribution in [0.5, 0.6) is 0 Å². The van der Waals surface area contributed by atoms with Gasteiger partial charge in [0, 0.05) is 11.8 Å². The van der Waals surface area contributed by atoms with Gasteiger partial charge >= 0.3 is 0 Å². The smallest absolute Gasteiger partial charge is 0.182 e. The molecule has 0 saturated heterocycles. The Labute approximate surface area is 135 Å². The van der Waals surface area contributed by atoms with Crippen LogP contribution in [-0.2, 0) is 0 Å². The highest BCUT2D eigenvalue weighted by atomic mass is 14.7. The number of rotatable bonds is 0. The molecule has 0 N–H and O–H groups in total. The predicted octanol–water partition coefficient (Wildman–Crippen LogP) is 3.38. The maximum atomic E-state index is 9.82. The van der Waals surface area contributed by atoms with E-state index in [4.69, 9.17) is 0 Å². The number of hydrogen-bond acceptors (Lipinski definition) is 4. The zero-order valence-corrected chi connectivity index (χ0v) is 12.8. The molecule has 0 aliphatic heterocycles. The third kappa shape index (κ3) is 1.30. The van der Waals surface area contributed by atoms with E-state index in [2.05, 4.69) is 24.3 Å². The summed E-state index contributed by atoms with van der Waals surface area (Å²) >= 11 is 0. The molecule has 4 heteroatoms. The Morgan fingerprint density at radius 1 is 0.696 bits per heavy atom. The molecule has 1 saturated carbocycles. The first-order valence-corrected chi connectivity index (χ1v) is 8.26. The molecule has 5 aliphatic rings. The van der Waals surface area contributed by atoms with Crippen LogP contribution in [-0.4, -0.2) is 0 Å². The molecule has 0 amide bonds. The van der Waals surface area contributed by atoms with Crippen LogP contribution in [0.2, 0.25) is 0 Å². The van der Waals surface area contributed by atoms with Gasteiger partial charge in [-0.3, -0.25) is 0 Å². The van der Waals surface area contributed by atoms with Crippen LogP contribution in [0.3, 0.4) is 0 Å². The van der Waals surface area contributed by atoms with E-state index in [0.717, 1.165) is 25.7 Å². The molecule has 0 aromatic carbocycles. The van der Waals surface area contributed by atoms with Gasteiger partial charge in [0.2, 0.25) is 0 Å². The van der Waals surface area contributed by atoms with Crippen molar-refractivity contribution in [2.24, 2.45) is 34.5 Å². The number of hydrogen-bond donors (Lipinski definition) is 0. The van der Waals surface area contributed by atoms with Gasteiger partial charge in [-0.1, -0.05) is 29.7 Å². The average Bonchev–Trinajstić information content (AvgIpc) is 2.80. The Morgan fingerprint density at radius 3 is 1.43 bits per heavy atom. The highest BCUT2D eigenvalue weighted by molar-refractivity contribution is 5.53. The molecule has 4 unspecified atom stereocenters. The van der Waals surface area contributed by atoms with Gasteiger partial charge in [-0.15, -0.1) is 0 Å². The van der Waals surface area contributed by atoms with Gasteiger partial charge in [-0.2, -0.15) is 21.0 Å². The molecule has 0 aromatic heterocycles. The Kier molecular flexibility index (Phi) is 2.73. The predicted molar refractivity (Wildman–Crippen MR) is 80.5 cm³/mol. The topological polar surface area (TPSA) is 95.2 Å². The van der Waals surface area contributed by atoms with Gasteiger partial charge in [0.1, 0.15) is 0 Å². The summed E-state index contributed by atoms with van der Waals surface area (Å²) in [6.07, 6.45) is 9.52. The molecular formula is C19H16N4. The fourth-order valence-electron chi connectivity index (χ4n) is 5.64. The number of nitrogens with zero attached hydrogens (tertiary/aromatic N) is 4. The molecule has 2 bridgehead atoms. The number of fused-ring (bicyclic) bond motifs is 1. The van der Waals surface area contributed by atoms with E-state index in [0.29, 0.717) is 0 Å². The lowest BCUT2D eigenvalue weighted by Gasteiger charge is -2.62. The van der Waals surface area contributed by atoms with Crippen LogP contribution < -0.4 is 0 Å². The number of nitriles is 4. The van der Waals surface area contributed by atoms with Crippen LogP contribution in [0.1, 0.15) is 32.1 Å². The van der Waals surface area contributed by atoms with Gasteiger partial charge in [0.15, 0.2) is 10.8 Å². The Morgan fingerprint density at radius 2 is 1.09 bits per heavy atom. The van der Waals surface area contributed by atoms with Crippen LogP contribution in [0.25, 0.3) is 0 Å². The molecule has 5 rings (SSSR count). The lowest BCUT2D eigenvalue weighted by molar-refractivity contribution is -0.00922. The molecule has 0 aromatic rings. The van der Waals surface area contributed by atoms with E-state index in [9.17, 15) is 21.0 Å². The van der Waals surface area contributed by atoms with Crippen LogP contribution in [0.15, 0.2) is 23.3 Å². The zero-order valence-electron chi connectivity index (χ0n) is 12.8. The summed E-state index contributed by atoms with van der Waals surface area (Å²) in [6, 6.07) is 8.43. The van der Waals surface area contributed by atoms with Gasteiger partial charge in [0.25, 0.3) is 0 Å². The van der Waals surface area contributed by atoms with Crippen molar-refractivity contribution in [3.63, 3.8) is 0 Å². The monoisotopic (exact) mass is 300 g/mol. The second-order valence-electron chi connectivity index (χ2n) is 7.16. The minimum atomic E-state index is -1.55. The van der Waals surface area contributed by atoms with Crippen LogP contribution in [0, 0.1) is 79.8 Å². The standard InChI is InChI=1S/C19H16N4/c20-8-18(9-21)14-6-7-15(19(18,10-22)11-23)17-13-5-3-1-2-4-12(13)16(14)17/h6-7,14-17H,1-5H2. The van der Waals surface area contributed by atoms with E-state index < -0.39 is 10.8 Å². The lowest BCUT2D eigenvalue weighted by Crippen LogP contribution is -2.63. The van der Waals surface area contributed by atoms with Gasteiger partial charge in [-0.25, -0.2) is 0 Å². The van der Waals surface area contributed by atoms with Crippen molar-refractivity contribution in [2.45, 2.75) is 32.1 Å². The van der Waals surface area contributed by atoms with Crippen molar-refractivity contribution in [3.8, 4) is 24.3 Å². The molecule has 5 aliphatic carbocycles. The second kappa shape index (κ2) is 4.47. The Hall–Kier alpha value is -2.56. The van der Waals surface area contributed by atoms with Gasteiger partial charge in [-0.05, 0) is 37.5 Å². The third-order valence-corrected chi connectivity index (χ3v) is 6.62. The highest BCUT2D eigenvalue weighted by Gasteiger charge is 2.74. The van der Waals surface area contributed by atoms with Gasteiger partial charge in [0.05, 0.1) is 24.3 Å². The maximum absolute atomic E-state index is 9.82. The molecule has 4 atom stereocenters. The maximum Gasteiger partial charge on any atom is 0.182 e. The van der Waals surface area contributed by atoms with Gasteiger partial charge < -0.3 is 0 Å². The Balaban J connectivity index is 1.94. The molecular weight excluding hydrogens is 284 g/mol. The minimum Gasteiger partial charge on any atom is -0.196 e. The van der Waals surface area contributed by atoms with Crippen LogP contribution in [0.4, 0.5) is 0 Å². The number of allylic oxidation sites excluding steroid dienone is 4. The first kappa shape index (κ1) is 14.1. The summed E-state index contributed by atoms with van der Waals surface area (Å²) in [4.78, 5) is 0. The summed E-state index contributed by atoms with van der Waals surface area (Å²) < 4.78 is 0. The normalized spacial score (nSPS) is 37.7. The summed E-state index contributed by atoms with van der Waals surface area (Å²) in [6.45, 7) is 0. The summed E-state index contributed by atoms with van der Waals surface area (Å²) in [7, 11) is 0.